The Kier molecular flexibility index (Phi) is 3.34. The second kappa shape index (κ2) is 4.07. The van der Waals surface area contributed by atoms with E-state index in [2.05, 4.69) is 19.3 Å². The molecule has 1 rings (SSSR count). The van der Waals surface area contributed by atoms with Crippen molar-refractivity contribution in [3.05, 3.63) is 0 Å². The van der Waals surface area contributed by atoms with Crippen LogP contribution in [0.3, 0.4) is 0 Å². The summed E-state index contributed by atoms with van der Waals surface area (Å²) in [7, 11) is 0. The first kappa shape index (κ1) is 9.01. The third kappa shape index (κ3) is 2.46. The Hall–Kier alpha value is -0.0800. The lowest BCUT2D eigenvalue weighted by atomic mass is 9.94. The largest absolute Gasteiger partial charge is 0.271 e. The first-order chi connectivity index (χ1) is 5.29. The van der Waals surface area contributed by atoms with Crippen molar-refractivity contribution in [3.8, 4) is 0 Å². The van der Waals surface area contributed by atoms with E-state index in [4.69, 9.17) is 5.84 Å². The van der Waals surface area contributed by atoms with E-state index in [1.165, 1.54) is 25.7 Å². The fourth-order valence-corrected chi connectivity index (χ4v) is 1.76. The summed E-state index contributed by atoms with van der Waals surface area (Å²) in [5.41, 5.74) is 2.92. The van der Waals surface area contributed by atoms with E-state index >= 15 is 0 Å². The molecule has 0 aromatic carbocycles. The minimum Gasteiger partial charge on any atom is -0.271 e. The molecule has 2 heteroatoms. The molecule has 0 aromatic rings. The van der Waals surface area contributed by atoms with E-state index < -0.39 is 0 Å². The van der Waals surface area contributed by atoms with Gasteiger partial charge in [-0.15, -0.1) is 0 Å². The molecule has 1 fully saturated rings. The minimum atomic E-state index is 0.549. The highest BCUT2D eigenvalue weighted by atomic mass is 15.2. The third-order valence-electron chi connectivity index (χ3n) is 2.81. The van der Waals surface area contributed by atoms with Gasteiger partial charge in [0, 0.05) is 6.04 Å². The number of hydrogen-bond donors (Lipinski definition) is 2. The lowest BCUT2D eigenvalue weighted by Gasteiger charge is -2.22. The van der Waals surface area contributed by atoms with Crippen LogP contribution in [0.5, 0.6) is 0 Å². The van der Waals surface area contributed by atoms with Crippen LogP contribution in [0.15, 0.2) is 0 Å². The molecule has 3 N–H and O–H groups in total. The quantitative estimate of drug-likeness (QED) is 0.469. The standard InChI is InChI=1S/C9H20N2/c1-3-4-9(11-10)7(2)8-5-6-8/h7-9,11H,3-6,10H2,1-2H3. The smallest absolute Gasteiger partial charge is 0.0238 e. The molecule has 0 aliphatic heterocycles. The predicted molar refractivity (Wildman–Crippen MR) is 47.9 cm³/mol. The van der Waals surface area contributed by atoms with E-state index in [-0.39, 0.29) is 0 Å². The maximum atomic E-state index is 5.48. The highest BCUT2D eigenvalue weighted by molar-refractivity contribution is 4.85. The normalized spacial score (nSPS) is 23.2. The van der Waals surface area contributed by atoms with Crippen LogP contribution in [0.25, 0.3) is 0 Å². The number of hydrazine groups is 1. The Balaban J connectivity index is 2.26. The SMILES string of the molecule is CCCC(NN)C(C)C1CC1. The summed E-state index contributed by atoms with van der Waals surface area (Å²) >= 11 is 0. The van der Waals surface area contributed by atoms with Gasteiger partial charge in [-0.1, -0.05) is 20.3 Å². The molecule has 0 heterocycles. The van der Waals surface area contributed by atoms with Gasteiger partial charge < -0.3 is 0 Å². The first-order valence-corrected chi connectivity index (χ1v) is 4.75. The van der Waals surface area contributed by atoms with Gasteiger partial charge in [0.05, 0.1) is 0 Å². The van der Waals surface area contributed by atoms with Gasteiger partial charge in [-0.25, -0.2) is 0 Å². The van der Waals surface area contributed by atoms with Crippen molar-refractivity contribution in [2.24, 2.45) is 17.7 Å². The topological polar surface area (TPSA) is 38.0 Å². The minimum absolute atomic E-state index is 0.549. The molecule has 2 unspecified atom stereocenters. The van der Waals surface area contributed by atoms with Gasteiger partial charge in [-0.3, -0.25) is 11.3 Å². The average Bonchev–Trinajstić information content (AvgIpc) is 2.81. The van der Waals surface area contributed by atoms with E-state index in [1.54, 1.807) is 0 Å². The van der Waals surface area contributed by atoms with Crippen molar-refractivity contribution in [1.82, 2.24) is 5.43 Å². The van der Waals surface area contributed by atoms with Gasteiger partial charge in [-0.2, -0.15) is 0 Å². The molecule has 0 radical (unpaired) electrons. The van der Waals surface area contributed by atoms with Crippen LogP contribution in [0.4, 0.5) is 0 Å². The van der Waals surface area contributed by atoms with Gasteiger partial charge in [0.1, 0.15) is 0 Å². The summed E-state index contributed by atoms with van der Waals surface area (Å²) in [5, 5.41) is 0. The van der Waals surface area contributed by atoms with Crippen molar-refractivity contribution in [1.29, 1.82) is 0 Å². The zero-order valence-corrected chi connectivity index (χ0v) is 7.64. The van der Waals surface area contributed by atoms with E-state index in [9.17, 15) is 0 Å². The van der Waals surface area contributed by atoms with E-state index in [1.807, 2.05) is 0 Å². The molecule has 0 bridgehead atoms. The van der Waals surface area contributed by atoms with Crippen LogP contribution < -0.4 is 11.3 Å². The molecular weight excluding hydrogens is 136 g/mol. The maximum absolute atomic E-state index is 5.48. The second-order valence-corrected chi connectivity index (χ2v) is 3.76. The zero-order valence-electron chi connectivity index (χ0n) is 7.64. The monoisotopic (exact) mass is 156 g/mol. The zero-order chi connectivity index (χ0) is 8.27. The van der Waals surface area contributed by atoms with Crippen molar-refractivity contribution in [2.45, 2.75) is 45.6 Å². The number of nitrogens with one attached hydrogen (secondary N) is 1. The van der Waals surface area contributed by atoms with Crippen molar-refractivity contribution in [2.75, 3.05) is 0 Å². The van der Waals surface area contributed by atoms with Crippen molar-refractivity contribution in [3.63, 3.8) is 0 Å². The molecule has 0 aromatic heterocycles. The molecule has 0 spiro atoms. The molecule has 66 valence electrons. The number of rotatable bonds is 5. The van der Waals surface area contributed by atoms with Crippen LogP contribution in [0.2, 0.25) is 0 Å². The molecule has 1 aliphatic rings. The molecule has 0 amide bonds. The van der Waals surface area contributed by atoms with E-state index in [0.717, 1.165) is 11.8 Å². The Labute approximate surface area is 69.5 Å². The molecular formula is C9H20N2. The summed E-state index contributed by atoms with van der Waals surface area (Å²) < 4.78 is 0. The molecule has 2 atom stereocenters. The summed E-state index contributed by atoms with van der Waals surface area (Å²) in [6.45, 7) is 4.53. The van der Waals surface area contributed by atoms with E-state index in [0.29, 0.717) is 6.04 Å². The average molecular weight is 156 g/mol. The lowest BCUT2D eigenvalue weighted by Crippen LogP contribution is -2.40. The summed E-state index contributed by atoms with van der Waals surface area (Å²) in [5.74, 6) is 7.21. The van der Waals surface area contributed by atoms with Crippen LogP contribution in [0, 0.1) is 11.8 Å². The van der Waals surface area contributed by atoms with Gasteiger partial charge >= 0.3 is 0 Å². The highest BCUT2D eigenvalue weighted by Crippen LogP contribution is 2.38. The van der Waals surface area contributed by atoms with Crippen molar-refractivity contribution < 1.29 is 0 Å². The fraction of sp³-hybridized carbons (Fsp3) is 1.00. The Morgan fingerprint density at radius 3 is 2.55 bits per heavy atom. The predicted octanol–water partition coefficient (Wildman–Crippen LogP) is 1.66. The summed E-state index contributed by atoms with van der Waals surface area (Å²) in [6.07, 6.45) is 5.28. The highest BCUT2D eigenvalue weighted by Gasteiger charge is 2.32. The Morgan fingerprint density at radius 1 is 1.55 bits per heavy atom. The van der Waals surface area contributed by atoms with Gasteiger partial charge in [0.25, 0.3) is 0 Å². The lowest BCUT2D eigenvalue weighted by molar-refractivity contribution is 0.326. The Bertz CT molecular complexity index is 110. The van der Waals surface area contributed by atoms with Gasteiger partial charge in [0.2, 0.25) is 0 Å². The van der Waals surface area contributed by atoms with Gasteiger partial charge in [-0.05, 0) is 31.1 Å². The summed E-state index contributed by atoms with van der Waals surface area (Å²) in [4.78, 5) is 0. The molecule has 0 saturated heterocycles. The van der Waals surface area contributed by atoms with Crippen LogP contribution in [-0.2, 0) is 0 Å². The third-order valence-corrected chi connectivity index (χ3v) is 2.81. The Morgan fingerprint density at radius 2 is 2.18 bits per heavy atom. The van der Waals surface area contributed by atoms with Crippen LogP contribution in [-0.4, -0.2) is 6.04 Å². The summed E-state index contributed by atoms with van der Waals surface area (Å²) in [6, 6.07) is 0.549. The molecule has 1 aliphatic carbocycles. The maximum Gasteiger partial charge on any atom is 0.0238 e. The van der Waals surface area contributed by atoms with Crippen molar-refractivity contribution >= 4 is 0 Å². The molecule has 11 heavy (non-hydrogen) atoms. The van der Waals surface area contributed by atoms with Crippen LogP contribution in [0.1, 0.15) is 39.5 Å². The number of hydrogen-bond acceptors (Lipinski definition) is 2. The molecule has 2 nitrogen and oxygen atoms in total. The van der Waals surface area contributed by atoms with Crippen LogP contribution >= 0.6 is 0 Å². The second-order valence-electron chi connectivity index (χ2n) is 3.76. The first-order valence-electron chi connectivity index (χ1n) is 4.75. The fourth-order valence-electron chi connectivity index (χ4n) is 1.76. The molecule has 1 saturated carbocycles. The number of nitrogens with two attached hydrogens (primary N) is 1. The van der Waals surface area contributed by atoms with Gasteiger partial charge in [0.15, 0.2) is 0 Å².